The predicted molar refractivity (Wildman–Crippen MR) is 157 cm³/mol. The number of rotatable bonds is 1. The first-order valence-corrected chi connectivity index (χ1v) is 14.2. The van der Waals surface area contributed by atoms with E-state index in [2.05, 4.69) is 36.8 Å². The monoisotopic (exact) mass is 565 g/mol. The quantitative estimate of drug-likeness (QED) is 0.344. The van der Waals surface area contributed by atoms with E-state index in [1.165, 1.54) is 6.07 Å². The number of nitrogens with zero attached hydrogens (tertiary/aromatic N) is 2. The van der Waals surface area contributed by atoms with E-state index in [0.29, 0.717) is 29.5 Å². The van der Waals surface area contributed by atoms with E-state index < -0.39 is 18.1 Å². The number of nitrogens with two attached hydrogens (primary N) is 1. The average Bonchev–Trinajstić information content (AvgIpc) is 2.90. The van der Waals surface area contributed by atoms with E-state index in [4.69, 9.17) is 15.2 Å². The van der Waals surface area contributed by atoms with Gasteiger partial charge >= 0.3 is 6.09 Å². The van der Waals surface area contributed by atoms with E-state index >= 15 is 0 Å². The third kappa shape index (κ3) is 8.39. The van der Waals surface area contributed by atoms with Crippen molar-refractivity contribution in [1.82, 2.24) is 0 Å². The molecule has 4 N–H and O–H groups in total. The summed E-state index contributed by atoms with van der Waals surface area (Å²) in [6.45, 7) is 12.4. The van der Waals surface area contributed by atoms with Gasteiger partial charge in [-0.25, -0.2) is 9.79 Å². The molecule has 0 aliphatic carbocycles. The lowest BCUT2D eigenvalue weighted by molar-refractivity contribution is -0.114. The number of primary amides is 1. The highest BCUT2D eigenvalue weighted by Crippen LogP contribution is 2.29. The molecule has 0 fully saturated rings. The van der Waals surface area contributed by atoms with Gasteiger partial charge in [-0.3, -0.25) is 9.79 Å². The largest absolute Gasteiger partial charge is 0.506 e. The van der Waals surface area contributed by atoms with Crippen molar-refractivity contribution in [3.63, 3.8) is 0 Å². The highest BCUT2D eigenvalue weighted by Gasteiger charge is 2.28. The molecule has 0 saturated heterocycles. The van der Waals surface area contributed by atoms with Crippen LogP contribution in [0, 0.1) is 23.7 Å². The van der Waals surface area contributed by atoms with Crippen LogP contribution in [0.1, 0.15) is 53.5 Å². The zero-order chi connectivity index (χ0) is 30.3. The zero-order valence-corrected chi connectivity index (χ0v) is 24.8. The van der Waals surface area contributed by atoms with Crippen LogP contribution in [0.25, 0.3) is 0 Å². The normalized spacial score (nSPS) is 32.3. The first kappa shape index (κ1) is 31.8. The summed E-state index contributed by atoms with van der Waals surface area (Å²) in [5, 5.41) is 22.4. The lowest BCUT2D eigenvalue weighted by Crippen LogP contribution is -2.32. The molecule has 1 aromatic rings. The molecule has 3 rings (SSSR count). The van der Waals surface area contributed by atoms with Crippen LogP contribution in [0.3, 0.4) is 0 Å². The molecular formula is C32H43N3O6. The number of phenolic OH excluding ortho intramolecular Hbond substituents is 2. The van der Waals surface area contributed by atoms with Crippen LogP contribution in [0.15, 0.2) is 63.7 Å². The molecule has 41 heavy (non-hydrogen) atoms. The Kier molecular flexibility index (Phi) is 11.1. The Morgan fingerprint density at radius 1 is 1.12 bits per heavy atom. The number of fused-ring (bicyclic) bond motifs is 5. The van der Waals surface area contributed by atoms with Gasteiger partial charge in [0.1, 0.15) is 28.3 Å². The minimum absolute atomic E-state index is 0.00542. The van der Waals surface area contributed by atoms with Crippen LogP contribution in [-0.4, -0.2) is 47.6 Å². The summed E-state index contributed by atoms with van der Waals surface area (Å²) in [5.74, 6) is -0.936. The molecule has 222 valence electrons. The molecule has 2 aliphatic rings. The van der Waals surface area contributed by atoms with Crippen LogP contribution >= 0.6 is 0 Å². The lowest BCUT2D eigenvalue weighted by Gasteiger charge is -2.31. The van der Waals surface area contributed by atoms with Gasteiger partial charge in [-0.1, -0.05) is 64.2 Å². The number of ether oxygens (including phenoxy) is 2. The maximum atomic E-state index is 12.9. The Hall–Kier alpha value is -3.72. The van der Waals surface area contributed by atoms with Crippen molar-refractivity contribution in [2.24, 2.45) is 39.4 Å². The molecule has 0 spiro atoms. The van der Waals surface area contributed by atoms with Gasteiger partial charge in [0.05, 0.1) is 19.3 Å². The van der Waals surface area contributed by atoms with Crippen LogP contribution < -0.4 is 16.4 Å². The Bertz CT molecular complexity index is 1380. The summed E-state index contributed by atoms with van der Waals surface area (Å²) in [6.07, 6.45) is 10.5. The smallest absolute Gasteiger partial charge is 0.405 e. The third-order valence-corrected chi connectivity index (χ3v) is 7.66. The molecule has 2 amide bonds. The molecular weight excluding hydrogens is 522 g/mol. The summed E-state index contributed by atoms with van der Waals surface area (Å²) in [5.41, 5.74) is 7.06. The number of allylic oxidation sites excluding steroid dienone is 2. The van der Waals surface area contributed by atoms with Gasteiger partial charge in [0.25, 0.3) is 5.91 Å². The van der Waals surface area contributed by atoms with Crippen LogP contribution in [0.4, 0.5) is 4.79 Å². The van der Waals surface area contributed by atoms with Crippen LogP contribution in [-0.2, 0) is 20.7 Å². The molecule has 0 unspecified atom stereocenters. The van der Waals surface area contributed by atoms with E-state index in [0.717, 1.165) is 12.0 Å². The summed E-state index contributed by atoms with van der Waals surface area (Å²) < 4.78 is 11.9. The lowest BCUT2D eigenvalue weighted by atomic mass is 9.83. The molecule has 9 heteroatoms. The number of hydrogen-bond donors (Lipinski definition) is 3. The summed E-state index contributed by atoms with van der Waals surface area (Å²) in [7, 11) is 0. The van der Waals surface area contributed by atoms with Gasteiger partial charge < -0.3 is 25.4 Å². The second-order valence-electron chi connectivity index (χ2n) is 11.4. The summed E-state index contributed by atoms with van der Waals surface area (Å²) in [6, 6.07) is 1.28. The summed E-state index contributed by atoms with van der Waals surface area (Å²) in [4.78, 5) is 33.4. The fourth-order valence-electron chi connectivity index (χ4n) is 5.72. The van der Waals surface area contributed by atoms with Crippen LogP contribution in [0.5, 0.6) is 11.5 Å². The topological polar surface area (TPSA) is 144 Å². The maximum absolute atomic E-state index is 12.9. The maximum Gasteiger partial charge on any atom is 0.405 e. The van der Waals surface area contributed by atoms with Crippen molar-refractivity contribution in [2.75, 3.05) is 13.2 Å². The number of hydrogen-bond acceptors (Lipinski definition) is 7. The number of phenols is 2. The van der Waals surface area contributed by atoms with Crippen molar-refractivity contribution in [3.05, 3.63) is 69.9 Å². The molecule has 1 aromatic carbocycles. The van der Waals surface area contributed by atoms with Crippen molar-refractivity contribution in [1.29, 1.82) is 0 Å². The van der Waals surface area contributed by atoms with Crippen LogP contribution in [0.2, 0.25) is 0 Å². The van der Waals surface area contributed by atoms with Gasteiger partial charge in [0.15, 0.2) is 0 Å². The van der Waals surface area contributed by atoms with Gasteiger partial charge in [-0.2, -0.15) is 0 Å². The van der Waals surface area contributed by atoms with Gasteiger partial charge in [0, 0.05) is 29.0 Å². The standard InChI is InChI=1S/C32H43N3O6/c1-18-14-21(4)29-22(5)16-23(6)30(41-32(33)39)19(2)10-9-11-20(3)31(38)35-25-17-26(36)27(24(15-18)28(25)37)34-12-7-8-13-40-29/h7-11,16-19,21-22,29-30,36-37H,12-15H2,1-6H3,(H2,33,39)/b8-7+,10-9-,20-11+,23-16+,34-27?,35-25?/t18-,19-,21-,22-,29-,30+/m0/s1. The van der Waals surface area contributed by atoms with Crippen molar-refractivity contribution in [3.8, 4) is 11.5 Å². The zero-order valence-electron chi connectivity index (χ0n) is 24.8. The van der Waals surface area contributed by atoms with E-state index in [1.807, 2.05) is 32.1 Å². The Balaban J connectivity index is 2.25. The highest BCUT2D eigenvalue weighted by molar-refractivity contribution is 5.94. The number of carbonyl (C=O) groups excluding carboxylic acids is 2. The Labute approximate surface area is 241 Å². The highest BCUT2D eigenvalue weighted by atomic mass is 16.6. The van der Waals surface area contributed by atoms with E-state index in [-0.39, 0.29) is 53.2 Å². The molecule has 9 nitrogen and oxygen atoms in total. The molecule has 0 aromatic heterocycles. The number of aromatic hydroxyl groups is 2. The van der Waals surface area contributed by atoms with Gasteiger partial charge in [0.2, 0.25) is 0 Å². The molecule has 3 bridgehead atoms. The second kappa shape index (κ2) is 14.3. The third-order valence-electron chi connectivity index (χ3n) is 7.66. The van der Waals surface area contributed by atoms with Crippen molar-refractivity contribution in [2.45, 2.75) is 66.6 Å². The van der Waals surface area contributed by atoms with E-state index in [1.54, 1.807) is 19.1 Å². The minimum Gasteiger partial charge on any atom is -0.506 e. The first-order chi connectivity index (χ1) is 19.4. The van der Waals surface area contributed by atoms with Crippen molar-refractivity contribution >= 4 is 12.0 Å². The number of carbonyl (C=O) groups is 2. The average molecular weight is 566 g/mol. The van der Waals surface area contributed by atoms with Gasteiger partial charge in [-0.15, -0.1) is 0 Å². The minimum atomic E-state index is -0.866. The molecule has 0 saturated carbocycles. The second-order valence-corrected chi connectivity index (χ2v) is 11.4. The fourth-order valence-corrected chi connectivity index (χ4v) is 5.72. The summed E-state index contributed by atoms with van der Waals surface area (Å²) >= 11 is 0. The predicted octanol–water partition coefficient (Wildman–Crippen LogP) is 4.22. The molecule has 2 aliphatic heterocycles. The Morgan fingerprint density at radius 2 is 1.85 bits per heavy atom. The molecule has 6 atom stereocenters. The van der Waals surface area contributed by atoms with Crippen molar-refractivity contribution < 1.29 is 29.3 Å². The molecule has 2 heterocycles. The Morgan fingerprint density at radius 3 is 2.56 bits per heavy atom. The first-order valence-electron chi connectivity index (χ1n) is 14.2. The molecule has 0 radical (unpaired) electrons. The number of amides is 2. The number of benzene rings is 1. The fraction of sp³-hybridized carbons (Fsp3) is 0.500. The van der Waals surface area contributed by atoms with E-state index in [9.17, 15) is 19.8 Å². The SMILES string of the molecule is C/C1=C\C=C/[C@H](C)[C@@H](OC(N)=O)/C(C)=C/[C@H](C)[C@H]2OC/C=C/CN=c3c(O)cc(c(O)c3C[C@@H](C)C[C@@H]2C)=NC1=O. The van der Waals surface area contributed by atoms with Gasteiger partial charge in [-0.05, 0) is 44.1 Å².